The molecule has 1 aliphatic rings. The van der Waals surface area contributed by atoms with Gasteiger partial charge in [-0.05, 0) is 6.42 Å². The molecule has 0 saturated heterocycles. The van der Waals surface area contributed by atoms with Gasteiger partial charge in [-0.2, -0.15) is 0 Å². The average Bonchev–Trinajstić information content (AvgIpc) is 2.37. The maximum absolute atomic E-state index is 9.18. The molecule has 0 bridgehead atoms. The summed E-state index contributed by atoms with van der Waals surface area (Å²) in [5, 5.41) is 9.18. The van der Waals surface area contributed by atoms with E-state index in [0.29, 0.717) is 6.61 Å². The van der Waals surface area contributed by atoms with E-state index in [1.54, 1.807) is 0 Å². The zero-order chi connectivity index (χ0) is 6.69. The van der Waals surface area contributed by atoms with Gasteiger partial charge in [0.15, 0.2) is 0 Å². The fourth-order valence-electron chi connectivity index (χ4n) is 0.884. The van der Waals surface area contributed by atoms with Crippen molar-refractivity contribution in [2.75, 3.05) is 6.61 Å². The summed E-state index contributed by atoms with van der Waals surface area (Å²) < 4.78 is 5.14. The van der Waals surface area contributed by atoms with Gasteiger partial charge in [-0.3, -0.25) is 0 Å². The largest absolute Gasteiger partial charge is 0.390 e. The minimum atomic E-state index is -0.316. The normalized spacial score (nSPS) is 28.9. The minimum Gasteiger partial charge on any atom is -0.390 e. The molecular formula is C7H12O2. The Morgan fingerprint density at radius 1 is 1.89 bits per heavy atom. The van der Waals surface area contributed by atoms with Crippen LogP contribution in [0.4, 0.5) is 0 Å². The first-order valence-corrected chi connectivity index (χ1v) is 3.31. The van der Waals surface area contributed by atoms with Crippen LogP contribution in [-0.2, 0) is 4.74 Å². The molecule has 0 amide bonds. The van der Waals surface area contributed by atoms with Crippen LogP contribution in [0, 0.1) is 0 Å². The van der Waals surface area contributed by atoms with E-state index in [-0.39, 0.29) is 12.2 Å². The molecule has 0 saturated carbocycles. The number of hydrogen-bond donors (Lipinski definition) is 1. The monoisotopic (exact) mass is 128 g/mol. The summed E-state index contributed by atoms with van der Waals surface area (Å²) >= 11 is 0. The highest BCUT2D eigenvalue weighted by atomic mass is 16.5. The fourth-order valence-corrected chi connectivity index (χ4v) is 0.884. The van der Waals surface area contributed by atoms with Crippen molar-refractivity contribution < 1.29 is 9.84 Å². The lowest BCUT2D eigenvalue weighted by molar-refractivity contribution is 0.0119. The van der Waals surface area contributed by atoms with Crippen LogP contribution in [0.1, 0.15) is 13.3 Å². The molecule has 1 N–H and O–H groups in total. The highest BCUT2D eigenvalue weighted by Crippen LogP contribution is 2.09. The smallest absolute Gasteiger partial charge is 0.102 e. The lowest BCUT2D eigenvalue weighted by Gasteiger charge is -2.13. The summed E-state index contributed by atoms with van der Waals surface area (Å²) in [6, 6.07) is 0. The van der Waals surface area contributed by atoms with Crippen molar-refractivity contribution in [1.29, 1.82) is 0 Å². The van der Waals surface area contributed by atoms with Crippen LogP contribution in [0.15, 0.2) is 12.2 Å². The molecule has 0 radical (unpaired) electrons. The molecule has 2 nitrogen and oxygen atoms in total. The van der Waals surface area contributed by atoms with E-state index < -0.39 is 0 Å². The summed E-state index contributed by atoms with van der Waals surface area (Å²) in [6.07, 6.45) is 4.24. The van der Waals surface area contributed by atoms with E-state index in [1.807, 2.05) is 19.1 Å². The molecule has 0 aromatic carbocycles. The third kappa shape index (κ3) is 1.53. The summed E-state index contributed by atoms with van der Waals surface area (Å²) in [5.41, 5.74) is 0. The molecule has 0 fully saturated rings. The Labute approximate surface area is 55.1 Å². The molecule has 0 aromatic heterocycles. The molecule has 52 valence electrons. The Kier molecular flexibility index (Phi) is 2.25. The van der Waals surface area contributed by atoms with Crippen molar-refractivity contribution in [3.8, 4) is 0 Å². The maximum Gasteiger partial charge on any atom is 0.102 e. The molecule has 9 heavy (non-hydrogen) atoms. The number of ether oxygens (including phenoxy) is 1. The van der Waals surface area contributed by atoms with Gasteiger partial charge in [-0.1, -0.05) is 19.1 Å². The second-order valence-corrected chi connectivity index (χ2v) is 2.20. The van der Waals surface area contributed by atoms with E-state index in [4.69, 9.17) is 4.74 Å². The number of aliphatic hydroxyl groups excluding tert-OH is 1. The molecule has 1 aliphatic heterocycles. The van der Waals surface area contributed by atoms with Crippen LogP contribution in [-0.4, -0.2) is 23.9 Å². The predicted octanol–water partition coefficient (Wildman–Crippen LogP) is 0.712. The predicted molar refractivity (Wildman–Crippen MR) is 35.2 cm³/mol. The van der Waals surface area contributed by atoms with Crippen LogP contribution in [0.25, 0.3) is 0 Å². The minimum absolute atomic E-state index is 0.0463. The first-order chi connectivity index (χ1) is 4.34. The number of rotatable bonds is 2. The third-order valence-corrected chi connectivity index (χ3v) is 1.51. The van der Waals surface area contributed by atoms with Crippen LogP contribution in [0.5, 0.6) is 0 Å². The van der Waals surface area contributed by atoms with Crippen molar-refractivity contribution >= 4 is 0 Å². The first-order valence-electron chi connectivity index (χ1n) is 3.31. The third-order valence-electron chi connectivity index (χ3n) is 1.51. The van der Waals surface area contributed by atoms with Gasteiger partial charge in [0.1, 0.15) is 6.10 Å². The quantitative estimate of drug-likeness (QED) is 0.555. The van der Waals surface area contributed by atoms with Crippen LogP contribution >= 0.6 is 0 Å². The van der Waals surface area contributed by atoms with Crippen LogP contribution < -0.4 is 0 Å². The summed E-state index contributed by atoms with van der Waals surface area (Å²) in [7, 11) is 0. The fraction of sp³-hybridized carbons (Fsp3) is 0.714. The Bertz CT molecular complexity index is 109. The SMILES string of the molecule is CCC(O)[C@@H]1C=CCO1. The first kappa shape index (κ1) is 6.78. The van der Waals surface area contributed by atoms with E-state index in [1.165, 1.54) is 0 Å². The zero-order valence-electron chi connectivity index (χ0n) is 5.58. The van der Waals surface area contributed by atoms with Gasteiger partial charge < -0.3 is 9.84 Å². The van der Waals surface area contributed by atoms with Gasteiger partial charge in [0, 0.05) is 0 Å². The number of aliphatic hydroxyl groups is 1. The molecular weight excluding hydrogens is 116 g/mol. The molecule has 0 aromatic rings. The second kappa shape index (κ2) is 2.99. The molecule has 2 atom stereocenters. The van der Waals surface area contributed by atoms with E-state index in [2.05, 4.69) is 0 Å². The highest BCUT2D eigenvalue weighted by Gasteiger charge is 2.16. The lowest BCUT2D eigenvalue weighted by Crippen LogP contribution is -2.23. The van der Waals surface area contributed by atoms with E-state index in [0.717, 1.165) is 6.42 Å². The van der Waals surface area contributed by atoms with Crippen molar-refractivity contribution in [1.82, 2.24) is 0 Å². The molecule has 1 heterocycles. The standard InChI is InChI=1S/C7H12O2/c1-2-6(8)7-4-3-5-9-7/h3-4,6-8H,2,5H2,1H3/t6?,7-/m0/s1. The van der Waals surface area contributed by atoms with Crippen molar-refractivity contribution in [2.45, 2.75) is 25.6 Å². The molecule has 2 heteroatoms. The molecule has 0 aliphatic carbocycles. The number of hydrogen-bond acceptors (Lipinski definition) is 2. The van der Waals surface area contributed by atoms with E-state index in [9.17, 15) is 5.11 Å². The van der Waals surface area contributed by atoms with Crippen LogP contribution in [0.3, 0.4) is 0 Å². The van der Waals surface area contributed by atoms with Gasteiger partial charge in [0.2, 0.25) is 0 Å². The topological polar surface area (TPSA) is 29.5 Å². The van der Waals surface area contributed by atoms with Gasteiger partial charge >= 0.3 is 0 Å². The molecule has 0 spiro atoms. The Morgan fingerprint density at radius 2 is 2.67 bits per heavy atom. The maximum atomic E-state index is 9.18. The van der Waals surface area contributed by atoms with Crippen molar-refractivity contribution in [2.24, 2.45) is 0 Å². The van der Waals surface area contributed by atoms with Crippen molar-refractivity contribution in [3.63, 3.8) is 0 Å². The highest BCUT2D eigenvalue weighted by molar-refractivity contribution is 4.98. The second-order valence-electron chi connectivity index (χ2n) is 2.20. The van der Waals surface area contributed by atoms with Crippen LogP contribution in [0.2, 0.25) is 0 Å². The Hall–Kier alpha value is -0.340. The average molecular weight is 128 g/mol. The zero-order valence-corrected chi connectivity index (χ0v) is 5.58. The van der Waals surface area contributed by atoms with Gasteiger partial charge in [-0.15, -0.1) is 0 Å². The Morgan fingerprint density at radius 3 is 3.11 bits per heavy atom. The van der Waals surface area contributed by atoms with Gasteiger partial charge in [0.25, 0.3) is 0 Å². The van der Waals surface area contributed by atoms with E-state index >= 15 is 0 Å². The Balaban J connectivity index is 2.33. The lowest BCUT2D eigenvalue weighted by atomic mass is 10.1. The molecule has 1 unspecified atom stereocenters. The van der Waals surface area contributed by atoms with Crippen molar-refractivity contribution in [3.05, 3.63) is 12.2 Å². The summed E-state index contributed by atoms with van der Waals surface area (Å²) in [6.45, 7) is 2.60. The summed E-state index contributed by atoms with van der Waals surface area (Å²) in [5.74, 6) is 0. The summed E-state index contributed by atoms with van der Waals surface area (Å²) in [4.78, 5) is 0. The molecule has 1 rings (SSSR count). The van der Waals surface area contributed by atoms with Gasteiger partial charge in [-0.25, -0.2) is 0 Å². The van der Waals surface area contributed by atoms with Gasteiger partial charge in [0.05, 0.1) is 12.7 Å².